The van der Waals surface area contributed by atoms with Gasteiger partial charge in [0.05, 0.1) is 16.9 Å². The molecule has 0 spiro atoms. The molecule has 0 aliphatic carbocycles. The Kier molecular flexibility index (Phi) is 3.88. The fourth-order valence-electron chi connectivity index (χ4n) is 2.44. The van der Waals surface area contributed by atoms with Crippen LogP contribution in [-0.2, 0) is 19.1 Å². The quantitative estimate of drug-likeness (QED) is 0.421. The van der Waals surface area contributed by atoms with Gasteiger partial charge >= 0.3 is 11.9 Å². The lowest BCUT2D eigenvalue weighted by Crippen LogP contribution is -2.42. The van der Waals surface area contributed by atoms with Crippen molar-refractivity contribution in [2.24, 2.45) is 0 Å². The number of esters is 2. The fraction of sp³-hybridized carbons (Fsp3) is 0.312. The molecule has 1 saturated heterocycles. The summed E-state index contributed by atoms with van der Waals surface area (Å²) < 4.78 is 10.0. The second-order valence-electron chi connectivity index (χ2n) is 5.79. The predicted octanol–water partition coefficient (Wildman–Crippen LogP) is 0.974. The molecule has 1 aromatic carbocycles. The predicted molar refractivity (Wildman–Crippen MR) is 85.2 cm³/mol. The molecule has 24 heavy (non-hydrogen) atoms. The van der Waals surface area contributed by atoms with Gasteiger partial charge in [0.1, 0.15) is 0 Å². The van der Waals surface area contributed by atoms with Crippen molar-refractivity contribution in [1.29, 1.82) is 0 Å². The molecule has 1 aromatic rings. The summed E-state index contributed by atoms with van der Waals surface area (Å²) in [5.74, 6) is -3.01. The molecule has 0 bridgehead atoms. The molecular weight excluding hydrogens is 314 g/mol. The number of fused-ring (bicyclic) bond motifs is 1. The van der Waals surface area contributed by atoms with Crippen LogP contribution in [0.4, 0.5) is 11.4 Å². The minimum Gasteiger partial charge on any atom is -0.419 e. The van der Waals surface area contributed by atoms with Crippen molar-refractivity contribution in [3.8, 4) is 0 Å². The smallest absolute Gasteiger partial charge is 0.350 e. The molecule has 1 amide bonds. The van der Waals surface area contributed by atoms with E-state index in [2.05, 4.69) is 16.0 Å². The third-order valence-corrected chi connectivity index (χ3v) is 3.51. The van der Waals surface area contributed by atoms with Crippen LogP contribution in [-0.4, -0.2) is 36.7 Å². The zero-order chi connectivity index (χ0) is 17.3. The fourth-order valence-corrected chi connectivity index (χ4v) is 2.44. The number of cyclic esters (lactones) is 2. The van der Waals surface area contributed by atoms with E-state index < -0.39 is 17.7 Å². The van der Waals surface area contributed by atoms with Gasteiger partial charge in [0.2, 0.25) is 0 Å². The highest BCUT2D eigenvalue weighted by atomic mass is 16.7. The van der Waals surface area contributed by atoms with Crippen LogP contribution in [0.1, 0.15) is 24.2 Å². The molecule has 2 aliphatic heterocycles. The van der Waals surface area contributed by atoms with Crippen molar-refractivity contribution in [3.05, 3.63) is 35.5 Å². The van der Waals surface area contributed by atoms with Crippen LogP contribution in [0.25, 0.3) is 0 Å². The second-order valence-corrected chi connectivity index (χ2v) is 5.79. The Balaban J connectivity index is 1.87. The molecule has 0 aromatic heterocycles. The molecule has 0 radical (unpaired) electrons. The first-order valence-electron chi connectivity index (χ1n) is 7.46. The number of anilines is 2. The first-order valence-corrected chi connectivity index (χ1v) is 7.46. The number of rotatable bonds is 2. The topological polar surface area (TPSA) is 106 Å². The maximum atomic E-state index is 12.0. The number of benzene rings is 1. The first kappa shape index (κ1) is 15.9. The van der Waals surface area contributed by atoms with Gasteiger partial charge in [-0.15, -0.1) is 0 Å². The summed E-state index contributed by atoms with van der Waals surface area (Å²) in [5, 5.41) is 8.78. The zero-order valence-electron chi connectivity index (χ0n) is 13.3. The van der Waals surface area contributed by atoms with E-state index in [1.54, 1.807) is 18.2 Å². The molecule has 3 rings (SSSR count). The van der Waals surface area contributed by atoms with Gasteiger partial charge in [0, 0.05) is 33.1 Å². The monoisotopic (exact) mass is 331 g/mol. The van der Waals surface area contributed by atoms with Gasteiger partial charge in [-0.3, -0.25) is 4.79 Å². The maximum absolute atomic E-state index is 12.0. The minimum atomic E-state index is -1.28. The number of hydrogen-bond acceptors (Lipinski definition) is 7. The van der Waals surface area contributed by atoms with E-state index >= 15 is 0 Å². The van der Waals surface area contributed by atoms with Crippen LogP contribution in [0.3, 0.4) is 0 Å². The third-order valence-electron chi connectivity index (χ3n) is 3.51. The summed E-state index contributed by atoms with van der Waals surface area (Å²) in [5.41, 5.74) is 1.39. The summed E-state index contributed by atoms with van der Waals surface area (Å²) in [7, 11) is 0. The minimum absolute atomic E-state index is 0.190. The van der Waals surface area contributed by atoms with Crippen LogP contribution in [0.5, 0.6) is 0 Å². The molecule has 0 saturated carbocycles. The molecule has 2 aliphatic rings. The molecule has 8 nitrogen and oxygen atoms in total. The number of carbonyl (C=O) groups is 3. The van der Waals surface area contributed by atoms with Gasteiger partial charge in [-0.1, -0.05) is 6.07 Å². The van der Waals surface area contributed by atoms with Gasteiger partial charge < -0.3 is 25.4 Å². The molecule has 2 heterocycles. The Hall–Kier alpha value is -3.03. The van der Waals surface area contributed by atoms with E-state index in [0.29, 0.717) is 30.0 Å². The Morgan fingerprint density at radius 2 is 1.75 bits per heavy atom. The maximum Gasteiger partial charge on any atom is 0.350 e. The van der Waals surface area contributed by atoms with E-state index in [-0.39, 0.29) is 11.5 Å². The lowest BCUT2D eigenvalue weighted by Gasteiger charge is -2.29. The number of amides is 1. The van der Waals surface area contributed by atoms with Crippen LogP contribution in [0.2, 0.25) is 0 Å². The average molecular weight is 331 g/mol. The Labute approximate surface area is 138 Å². The van der Waals surface area contributed by atoms with Gasteiger partial charge in [0.25, 0.3) is 11.7 Å². The molecule has 0 unspecified atom stereocenters. The molecule has 3 N–H and O–H groups in total. The van der Waals surface area contributed by atoms with E-state index in [9.17, 15) is 14.4 Å². The van der Waals surface area contributed by atoms with Crippen molar-refractivity contribution in [2.45, 2.75) is 19.6 Å². The highest BCUT2D eigenvalue weighted by molar-refractivity contribution is 6.15. The van der Waals surface area contributed by atoms with Crippen molar-refractivity contribution in [1.82, 2.24) is 5.32 Å². The molecule has 126 valence electrons. The summed E-state index contributed by atoms with van der Waals surface area (Å²) in [4.78, 5) is 35.8. The summed E-state index contributed by atoms with van der Waals surface area (Å²) >= 11 is 0. The van der Waals surface area contributed by atoms with Crippen molar-refractivity contribution >= 4 is 29.2 Å². The average Bonchev–Trinajstić information content (AvgIpc) is 2.68. The number of ether oxygens (including phenoxy) is 2. The third kappa shape index (κ3) is 3.03. The Bertz CT molecular complexity index is 732. The highest BCUT2D eigenvalue weighted by Gasteiger charge is 2.39. The Morgan fingerprint density at radius 1 is 1.08 bits per heavy atom. The van der Waals surface area contributed by atoms with E-state index in [1.807, 2.05) is 0 Å². The van der Waals surface area contributed by atoms with E-state index in [0.717, 1.165) is 0 Å². The van der Waals surface area contributed by atoms with Gasteiger partial charge in [0.15, 0.2) is 5.57 Å². The van der Waals surface area contributed by atoms with Crippen molar-refractivity contribution in [2.75, 3.05) is 23.7 Å². The van der Waals surface area contributed by atoms with Gasteiger partial charge in [-0.25, -0.2) is 9.59 Å². The van der Waals surface area contributed by atoms with Crippen LogP contribution in [0.15, 0.2) is 30.0 Å². The van der Waals surface area contributed by atoms with E-state index in [4.69, 9.17) is 9.47 Å². The van der Waals surface area contributed by atoms with E-state index in [1.165, 1.54) is 20.0 Å². The Morgan fingerprint density at radius 3 is 2.46 bits per heavy atom. The molecule has 1 fully saturated rings. The summed E-state index contributed by atoms with van der Waals surface area (Å²) in [6.07, 6.45) is 1.22. The van der Waals surface area contributed by atoms with Crippen molar-refractivity contribution in [3.63, 3.8) is 0 Å². The molecule has 0 atom stereocenters. The normalized spacial score (nSPS) is 19.1. The highest BCUT2D eigenvalue weighted by Crippen LogP contribution is 2.28. The SMILES string of the molecule is CC1(C)OC(=O)C(=CNc2cccc3c2NCCNC3=O)C(=O)O1. The number of carbonyl (C=O) groups excluding carboxylic acids is 3. The number of hydrogen-bond donors (Lipinski definition) is 3. The first-order chi connectivity index (χ1) is 11.4. The van der Waals surface area contributed by atoms with Gasteiger partial charge in [-0.05, 0) is 12.1 Å². The van der Waals surface area contributed by atoms with Crippen LogP contribution >= 0.6 is 0 Å². The number of nitrogens with one attached hydrogen (secondary N) is 3. The zero-order valence-corrected chi connectivity index (χ0v) is 13.3. The van der Waals surface area contributed by atoms with Crippen molar-refractivity contribution < 1.29 is 23.9 Å². The van der Waals surface area contributed by atoms with Crippen LogP contribution in [0, 0.1) is 0 Å². The molecular formula is C16H17N3O5. The van der Waals surface area contributed by atoms with Crippen LogP contribution < -0.4 is 16.0 Å². The largest absolute Gasteiger partial charge is 0.419 e. The second kappa shape index (κ2) is 5.88. The summed E-state index contributed by atoms with van der Waals surface area (Å²) in [6.45, 7) is 4.02. The number of para-hydroxylation sites is 1. The molecule has 8 heteroatoms. The van der Waals surface area contributed by atoms with Gasteiger partial charge in [-0.2, -0.15) is 0 Å². The lowest BCUT2D eigenvalue weighted by atomic mass is 10.1. The standard InChI is InChI=1S/C16H17N3O5/c1-16(2)23-14(21)10(15(22)24-16)8-19-11-5-3-4-9-12(11)17-6-7-18-13(9)20/h3-5,8,17,19H,6-7H2,1-2H3,(H,18,20). The lowest BCUT2D eigenvalue weighted by molar-refractivity contribution is -0.222. The summed E-state index contributed by atoms with van der Waals surface area (Å²) in [6, 6.07) is 5.12.